The van der Waals surface area contributed by atoms with Gasteiger partial charge in [0.1, 0.15) is 5.69 Å². The highest BCUT2D eigenvalue weighted by Gasteiger charge is 2.29. The third kappa shape index (κ3) is 5.36. The summed E-state index contributed by atoms with van der Waals surface area (Å²) >= 11 is 0. The van der Waals surface area contributed by atoms with E-state index in [1.165, 1.54) is 37.3 Å². The van der Waals surface area contributed by atoms with Crippen LogP contribution in [0.5, 0.6) is 0 Å². The van der Waals surface area contributed by atoms with Gasteiger partial charge < -0.3 is 15.0 Å². The topological polar surface area (TPSA) is 119 Å². The molecule has 0 bridgehead atoms. The summed E-state index contributed by atoms with van der Waals surface area (Å²) in [5, 5.41) is 14.1. The normalized spacial score (nSPS) is 14.9. The Labute approximate surface area is 191 Å². The van der Waals surface area contributed by atoms with Crippen LogP contribution in [0.25, 0.3) is 0 Å². The number of hydrogen-bond acceptors (Lipinski definition) is 7. The number of likely N-dealkylation sites (tertiary alicyclic amines) is 1. The van der Waals surface area contributed by atoms with E-state index in [2.05, 4.69) is 12.2 Å². The quantitative estimate of drug-likeness (QED) is 0.294. The van der Waals surface area contributed by atoms with E-state index in [9.17, 15) is 24.5 Å². The first-order valence-electron chi connectivity index (χ1n) is 10.8. The van der Waals surface area contributed by atoms with Crippen molar-refractivity contribution in [2.75, 3.05) is 25.5 Å². The third-order valence-corrected chi connectivity index (χ3v) is 5.84. The summed E-state index contributed by atoms with van der Waals surface area (Å²) < 4.78 is 5.40. The van der Waals surface area contributed by atoms with Crippen LogP contribution in [0.1, 0.15) is 53.0 Å². The molecule has 0 radical (unpaired) electrons. The Kier molecular flexibility index (Phi) is 7.42. The zero-order chi connectivity index (χ0) is 24.1. The van der Waals surface area contributed by atoms with E-state index in [1.54, 1.807) is 24.1 Å². The molecule has 9 nitrogen and oxygen atoms in total. The lowest BCUT2D eigenvalue weighted by molar-refractivity contribution is -0.384. The smallest absolute Gasteiger partial charge is 0.339 e. The van der Waals surface area contributed by atoms with Gasteiger partial charge in [0.15, 0.2) is 11.9 Å². The number of nitrogens with one attached hydrogen (secondary N) is 1. The van der Waals surface area contributed by atoms with Gasteiger partial charge >= 0.3 is 5.97 Å². The van der Waals surface area contributed by atoms with Crippen molar-refractivity contribution in [3.63, 3.8) is 0 Å². The number of nitrogens with zero attached hydrogens (tertiary/aromatic N) is 2. The standard InChI is InChI=1S/C24H27N3O6/c1-15-10-12-26(13-11-15)23(29)16(2)33-24(30)19-7-5-4-6-18(19)22(28)17-8-9-20(25-3)21(14-17)27(31)32/h4-9,14-16,25H,10-13H2,1-3H3. The van der Waals surface area contributed by atoms with Crippen LogP contribution in [0.4, 0.5) is 11.4 Å². The van der Waals surface area contributed by atoms with Crippen molar-refractivity contribution in [2.24, 2.45) is 5.92 Å². The molecule has 1 unspecified atom stereocenters. The Morgan fingerprint density at radius 3 is 2.36 bits per heavy atom. The Balaban J connectivity index is 1.80. The number of hydrogen-bond donors (Lipinski definition) is 1. The number of anilines is 1. The molecule has 1 fully saturated rings. The van der Waals surface area contributed by atoms with Gasteiger partial charge in [-0.2, -0.15) is 0 Å². The monoisotopic (exact) mass is 453 g/mol. The van der Waals surface area contributed by atoms with E-state index < -0.39 is 22.8 Å². The van der Waals surface area contributed by atoms with Gasteiger partial charge in [-0.15, -0.1) is 0 Å². The van der Waals surface area contributed by atoms with Gasteiger partial charge in [0, 0.05) is 37.3 Å². The van der Waals surface area contributed by atoms with Gasteiger partial charge in [-0.25, -0.2) is 4.79 Å². The lowest BCUT2D eigenvalue weighted by Gasteiger charge is -2.31. The molecule has 1 atom stereocenters. The maximum atomic E-state index is 13.1. The minimum absolute atomic E-state index is 0.00485. The molecule has 0 aromatic heterocycles. The molecule has 0 saturated carbocycles. The van der Waals surface area contributed by atoms with E-state index in [0.29, 0.717) is 19.0 Å². The summed E-state index contributed by atoms with van der Waals surface area (Å²) in [7, 11) is 1.54. The van der Waals surface area contributed by atoms with Crippen LogP contribution < -0.4 is 5.32 Å². The molecule has 174 valence electrons. The summed E-state index contributed by atoms with van der Waals surface area (Å²) in [6.45, 7) is 4.90. The predicted octanol–water partition coefficient (Wildman–Crippen LogP) is 3.67. The van der Waals surface area contributed by atoms with Crippen LogP contribution >= 0.6 is 0 Å². The fraction of sp³-hybridized carbons (Fsp3) is 0.375. The molecular weight excluding hydrogens is 426 g/mol. The molecule has 2 aromatic rings. The summed E-state index contributed by atoms with van der Waals surface area (Å²) in [4.78, 5) is 51.1. The summed E-state index contributed by atoms with van der Waals surface area (Å²) in [5.41, 5.74) is 0.116. The molecule has 2 aromatic carbocycles. The fourth-order valence-corrected chi connectivity index (χ4v) is 3.81. The first kappa shape index (κ1) is 23.9. The lowest BCUT2D eigenvalue weighted by atomic mass is 9.97. The average Bonchev–Trinajstić information content (AvgIpc) is 2.83. The second-order valence-corrected chi connectivity index (χ2v) is 8.17. The predicted molar refractivity (Wildman–Crippen MR) is 122 cm³/mol. The van der Waals surface area contributed by atoms with Crippen LogP contribution in [0.3, 0.4) is 0 Å². The van der Waals surface area contributed by atoms with Crippen molar-refractivity contribution in [1.29, 1.82) is 0 Å². The number of rotatable bonds is 7. The van der Waals surface area contributed by atoms with Gasteiger partial charge in [-0.05, 0) is 43.9 Å². The minimum Gasteiger partial charge on any atom is -0.449 e. The van der Waals surface area contributed by atoms with Crippen LogP contribution in [-0.2, 0) is 9.53 Å². The summed E-state index contributed by atoms with van der Waals surface area (Å²) in [6.07, 6.45) is 0.815. The average molecular weight is 453 g/mol. The molecule has 1 amide bonds. The zero-order valence-electron chi connectivity index (χ0n) is 18.9. The number of benzene rings is 2. The van der Waals surface area contributed by atoms with Crippen molar-refractivity contribution >= 4 is 29.0 Å². The fourth-order valence-electron chi connectivity index (χ4n) is 3.81. The van der Waals surface area contributed by atoms with Crippen LogP contribution in [0.15, 0.2) is 42.5 Å². The van der Waals surface area contributed by atoms with Gasteiger partial charge in [-0.1, -0.05) is 25.1 Å². The highest BCUT2D eigenvalue weighted by molar-refractivity contribution is 6.15. The number of piperidine rings is 1. The maximum Gasteiger partial charge on any atom is 0.339 e. The number of carbonyl (C=O) groups is 3. The van der Waals surface area contributed by atoms with E-state index in [1.807, 2.05) is 0 Å². The van der Waals surface area contributed by atoms with Crippen LogP contribution in [-0.4, -0.2) is 53.7 Å². The number of ether oxygens (including phenoxy) is 1. The molecule has 3 rings (SSSR count). The van der Waals surface area contributed by atoms with E-state index >= 15 is 0 Å². The number of nitro benzene ring substituents is 1. The van der Waals surface area contributed by atoms with Crippen molar-refractivity contribution in [3.8, 4) is 0 Å². The van der Waals surface area contributed by atoms with Crippen molar-refractivity contribution in [3.05, 3.63) is 69.3 Å². The molecule has 1 aliphatic rings. The minimum atomic E-state index is -0.995. The van der Waals surface area contributed by atoms with Crippen molar-refractivity contribution in [2.45, 2.75) is 32.8 Å². The molecule has 9 heteroatoms. The highest BCUT2D eigenvalue weighted by atomic mass is 16.6. The summed E-state index contributed by atoms with van der Waals surface area (Å²) in [6, 6.07) is 10.1. The Hall–Kier alpha value is -3.75. The molecule has 33 heavy (non-hydrogen) atoms. The SMILES string of the molecule is CNc1ccc(C(=O)c2ccccc2C(=O)OC(C)C(=O)N2CCC(C)CC2)cc1[N+](=O)[O-]. The van der Waals surface area contributed by atoms with Crippen LogP contribution in [0, 0.1) is 16.0 Å². The summed E-state index contributed by atoms with van der Waals surface area (Å²) in [5.74, 6) is -1.07. The Morgan fingerprint density at radius 1 is 1.12 bits per heavy atom. The lowest BCUT2D eigenvalue weighted by Crippen LogP contribution is -2.44. The number of ketones is 1. The van der Waals surface area contributed by atoms with Gasteiger partial charge in [0.25, 0.3) is 11.6 Å². The second-order valence-electron chi connectivity index (χ2n) is 8.17. The molecular formula is C24H27N3O6. The number of esters is 1. The molecule has 0 aliphatic carbocycles. The first-order valence-corrected chi connectivity index (χ1v) is 10.8. The number of amides is 1. The zero-order valence-corrected chi connectivity index (χ0v) is 18.9. The molecule has 1 saturated heterocycles. The van der Waals surface area contributed by atoms with Gasteiger partial charge in [-0.3, -0.25) is 19.7 Å². The highest BCUT2D eigenvalue weighted by Crippen LogP contribution is 2.27. The van der Waals surface area contributed by atoms with Gasteiger partial charge in [0.05, 0.1) is 10.5 Å². The van der Waals surface area contributed by atoms with E-state index in [0.717, 1.165) is 12.8 Å². The molecule has 1 aliphatic heterocycles. The van der Waals surface area contributed by atoms with E-state index in [-0.39, 0.29) is 34.0 Å². The van der Waals surface area contributed by atoms with Crippen molar-refractivity contribution < 1.29 is 24.0 Å². The van der Waals surface area contributed by atoms with Crippen LogP contribution in [0.2, 0.25) is 0 Å². The molecule has 0 spiro atoms. The Bertz CT molecular complexity index is 1080. The molecule has 1 heterocycles. The largest absolute Gasteiger partial charge is 0.449 e. The molecule has 1 N–H and O–H groups in total. The Morgan fingerprint density at radius 2 is 1.76 bits per heavy atom. The number of carbonyl (C=O) groups excluding carboxylic acids is 3. The first-order chi connectivity index (χ1) is 15.7. The number of nitro groups is 1. The second kappa shape index (κ2) is 10.2. The maximum absolute atomic E-state index is 13.1. The van der Waals surface area contributed by atoms with Gasteiger partial charge in [0.2, 0.25) is 0 Å². The van der Waals surface area contributed by atoms with Crippen molar-refractivity contribution in [1.82, 2.24) is 4.90 Å². The third-order valence-electron chi connectivity index (χ3n) is 5.84. The van der Waals surface area contributed by atoms with E-state index in [4.69, 9.17) is 4.74 Å².